The maximum absolute atomic E-state index is 11.3. The molecule has 1 fully saturated rings. The molecule has 80 valence electrons. The summed E-state index contributed by atoms with van der Waals surface area (Å²) in [7, 11) is 0. The lowest BCUT2D eigenvalue weighted by Gasteiger charge is -2.12. The highest BCUT2D eigenvalue weighted by Crippen LogP contribution is 2.25. The molecular weight excluding hydrogens is 212 g/mol. The number of imide groups is 1. The van der Waals surface area contributed by atoms with Crippen LogP contribution in [-0.4, -0.2) is 18.0 Å². The molecule has 4 nitrogen and oxygen atoms in total. The number of amides is 3. The second-order valence-electron chi connectivity index (χ2n) is 3.67. The van der Waals surface area contributed by atoms with Gasteiger partial charge < -0.3 is 5.32 Å². The number of carbonyl (C=O) groups is 2. The third-order valence-electron chi connectivity index (χ3n) is 2.48. The summed E-state index contributed by atoms with van der Waals surface area (Å²) < 4.78 is 0. The Morgan fingerprint density at radius 2 is 2.33 bits per heavy atom. The van der Waals surface area contributed by atoms with Crippen LogP contribution in [0.25, 0.3) is 0 Å². The molecule has 2 atom stereocenters. The predicted molar refractivity (Wildman–Crippen MR) is 57.8 cm³/mol. The normalized spacial score (nSPS) is 22.3. The van der Waals surface area contributed by atoms with Gasteiger partial charge in [-0.25, -0.2) is 4.79 Å². The summed E-state index contributed by atoms with van der Waals surface area (Å²) in [6.45, 7) is 2.06. The Labute approximate surface area is 91.7 Å². The van der Waals surface area contributed by atoms with Crippen LogP contribution in [0.4, 0.5) is 4.79 Å². The fourth-order valence-electron chi connectivity index (χ4n) is 1.67. The van der Waals surface area contributed by atoms with Crippen LogP contribution in [0.15, 0.2) is 17.5 Å². The summed E-state index contributed by atoms with van der Waals surface area (Å²) in [5.74, 6) is 0.0718. The van der Waals surface area contributed by atoms with Crippen LogP contribution < -0.4 is 10.6 Å². The molecule has 5 heteroatoms. The number of thiophene rings is 1. The van der Waals surface area contributed by atoms with Crippen molar-refractivity contribution < 1.29 is 9.59 Å². The molecule has 1 aromatic heterocycles. The monoisotopic (exact) mass is 224 g/mol. The van der Waals surface area contributed by atoms with Crippen LogP contribution in [0, 0.1) is 0 Å². The van der Waals surface area contributed by atoms with Crippen LogP contribution in [-0.2, 0) is 4.79 Å². The van der Waals surface area contributed by atoms with E-state index in [1.54, 1.807) is 11.3 Å². The molecule has 0 aromatic carbocycles. The molecule has 2 N–H and O–H groups in total. The summed E-state index contributed by atoms with van der Waals surface area (Å²) in [6.07, 6.45) is 0.651. The first-order valence-corrected chi connectivity index (χ1v) is 5.69. The number of carbonyl (C=O) groups excluding carboxylic acids is 2. The van der Waals surface area contributed by atoms with Crippen molar-refractivity contribution in [2.45, 2.75) is 25.3 Å². The zero-order valence-electron chi connectivity index (χ0n) is 8.32. The molecule has 15 heavy (non-hydrogen) atoms. The molecule has 1 saturated heterocycles. The van der Waals surface area contributed by atoms with Gasteiger partial charge in [0.25, 0.3) is 5.91 Å². The number of hydrogen-bond donors (Lipinski definition) is 2. The van der Waals surface area contributed by atoms with Gasteiger partial charge in [-0.15, -0.1) is 11.3 Å². The van der Waals surface area contributed by atoms with Gasteiger partial charge in [0.2, 0.25) is 0 Å². The Kier molecular flexibility index (Phi) is 2.73. The quantitative estimate of drug-likeness (QED) is 0.763. The van der Waals surface area contributed by atoms with Crippen molar-refractivity contribution >= 4 is 23.3 Å². The van der Waals surface area contributed by atoms with E-state index in [0.29, 0.717) is 12.3 Å². The first kappa shape index (κ1) is 10.2. The molecule has 2 heterocycles. The minimum Gasteiger partial charge on any atom is -0.326 e. The molecule has 0 aliphatic carbocycles. The van der Waals surface area contributed by atoms with Gasteiger partial charge in [0.05, 0.1) is 0 Å². The zero-order chi connectivity index (χ0) is 10.8. The molecule has 2 rings (SSSR count). The Morgan fingerprint density at radius 3 is 2.87 bits per heavy atom. The number of hydrogen-bond acceptors (Lipinski definition) is 3. The average Bonchev–Trinajstić information content (AvgIpc) is 2.76. The van der Waals surface area contributed by atoms with E-state index in [1.807, 2.05) is 17.5 Å². The molecule has 0 radical (unpaired) electrons. The van der Waals surface area contributed by atoms with Gasteiger partial charge >= 0.3 is 6.03 Å². The van der Waals surface area contributed by atoms with E-state index >= 15 is 0 Å². The van der Waals surface area contributed by atoms with E-state index in [4.69, 9.17) is 0 Å². The largest absolute Gasteiger partial charge is 0.326 e. The number of nitrogens with one attached hydrogen (secondary N) is 2. The lowest BCUT2D eigenvalue weighted by molar-refractivity contribution is -0.120. The lowest BCUT2D eigenvalue weighted by Crippen LogP contribution is -2.30. The Morgan fingerprint density at radius 1 is 1.53 bits per heavy atom. The SMILES string of the molecule is C[C@@H](CC1NC(=O)NC1=O)c1cccs1. The standard InChI is InChI=1S/C10H12N2O2S/c1-6(8-3-2-4-15-8)5-7-9(13)12-10(14)11-7/h2-4,6-7H,5H2,1H3,(H2,11,12,13,14)/t6-,7?/m0/s1. The topological polar surface area (TPSA) is 58.2 Å². The molecule has 1 aliphatic heterocycles. The zero-order valence-corrected chi connectivity index (χ0v) is 9.14. The van der Waals surface area contributed by atoms with Crippen molar-refractivity contribution in [3.05, 3.63) is 22.4 Å². The minimum atomic E-state index is -0.386. The van der Waals surface area contributed by atoms with Gasteiger partial charge in [-0.2, -0.15) is 0 Å². The van der Waals surface area contributed by atoms with Crippen LogP contribution >= 0.6 is 11.3 Å². The molecule has 1 aromatic rings. The molecule has 1 aliphatic rings. The second-order valence-corrected chi connectivity index (χ2v) is 4.65. The van der Waals surface area contributed by atoms with Crippen molar-refractivity contribution in [2.75, 3.05) is 0 Å². The molecule has 0 spiro atoms. The Bertz CT molecular complexity index is 375. The molecule has 1 unspecified atom stereocenters. The molecular formula is C10H12N2O2S. The van der Waals surface area contributed by atoms with Gasteiger partial charge in [-0.05, 0) is 23.8 Å². The lowest BCUT2D eigenvalue weighted by atomic mass is 10.0. The highest BCUT2D eigenvalue weighted by Gasteiger charge is 2.30. The van der Waals surface area contributed by atoms with Crippen molar-refractivity contribution in [1.29, 1.82) is 0 Å². The van der Waals surface area contributed by atoms with Crippen LogP contribution in [0.1, 0.15) is 24.1 Å². The van der Waals surface area contributed by atoms with Crippen LogP contribution in [0.2, 0.25) is 0 Å². The number of rotatable bonds is 3. The van der Waals surface area contributed by atoms with Gasteiger partial charge in [-0.1, -0.05) is 13.0 Å². The average molecular weight is 224 g/mol. The molecule has 0 bridgehead atoms. The summed E-state index contributed by atoms with van der Waals surface area (Å²) >= 11 is 1.67. The third kappa shape index (κ3) is 2.18. The van der Waals surface area contributed by atoms with Gasteiger partial charge in [-0.3, -0.25) is 10.1 Å². The van der Waals surface area contributed by atoms with Gasteiger partial charge in [0.15, 0.2) is 0 Å². The van der Waals surface area contributed by atoms with E-state index in [0.717, 1.165) is 0 Å². The Balaban J connectivity index is 1.98. The van der Waals surface area contributed by atoms with Crippen molar-refractivity contribution in [3.63, 3.8) is 0 Å². The van der Waals surface area contributed by atoms with Crippen molar-refractivity contribution in [3.8, 4) is 0 Å². The fourth-order valence-corrected chi connectivity index (χ4v) is 2.47. The van der Waals surface area contributed by atoms with E-state index in [9.17, 15) is 9.59 Å². The second kappa shape index (κ2) is 4.02. The van der Waals surface area contributed by atoms with Crippen molar-refractivity contribution in [2.24, 2.45) is 0 Å². The minimum absolute atomic E-state index is 0.219. The number of urea groups is 1. The summed E-state index contributed by atoms with van der Waals surface area (Å²) in [4.78, 5) is 23.4. The maximum atomic E-state index is 11.3. The van der Waals surface area contributed by atoms with E-state index in [2.05, 4.69) is 17.6 Å². The smallest absolute Gasteiger partial charge is 0.322 e. The van der Waals surface area contributed by atoms with E-state index in [-0.39, 0.29) is 18.0 Å². The highest BCUT2D eigenvalue weighted by molar-refractivity contribution is 7.10. The predicted octanol–water partition coefficient (Wildman–Crippen LogP) is 1.45. The maximum Gasteiger partial charge on any atom is 0.322 e. The first-order chi connectivity index (χ1) is 7.16. The summed E-state index contributed by atoms with van der Waals surface area (Å²) in [5.41, 5.74) is 0. The molecule has 3 amide bonds. The van der Waals surface area contributed by atoms with Crippen LogP contribution in [0.5, 0.6) is 0 Å². The summed E-state index contributed by atoms with van der Waals surface area (Å²) in [5, 5.41) is 6.85. The third-order valence-corrected chi connectivity index (χ3v) is 3.58. The highest BCUT2D eigenvalue weighted by atomic mass is 32.1. The van der Waals surface area contributed by atoms with Crippen molar-refractivity contribution in [1.82, 2.24) is 10.6 Å². The van der Waals surface area contributed by atoms with E-state index in [1.165, 1.54) is 4.88 Å². The van der Waals surface area contributed by atoms with E-state index < -0.39 is 0 Å². The van der Waals surface area contributed by atoms with Gasteiger partial charge in [0, 0.05) is 4.88 Å². The van der Waals surface area contributed by atoms with Crippen LogP contribution in [0.3, 0.4) is 0 Å². The van der Waals surface area contributed by atoms with Gasteiger partial charge in [0.1, 0.15) is 6.04 Å². The summed E-state index contributed by atoms with van der Waals surface area (Å²) in [6, 6.07) is 3.27. The molecule has 0 saturated carbocycles. The fraction of sp³-hybridized carbons (Fsp3) is 0.400. The Hall–Kier alpha value is -1.36. The first-order valence-electron chi connectivity index (χ1n) is 4.81.